The molecule has 1 aliphatic heterocycles. The zero-order valence-electron chi connectivity index (χ0n) is 17.8. The number of carbonyl (C=O) groups is 2. The molecule has 31 heavy (non-hydrogen) atoms. The molecule has 0 aromatic heterocycles. The SMILES string of the molecule is CCC[C@H]1CN(Cc2cc(Cl)ccc2OCC(=O)O)CCN1C(=O)Cc1ccccc1. The minimum Gasteiger partial charge on any atom is -0.482 e. The van der Waals surface area contributed by atoms with Crippen molar-refractivity contribution in [1.29, 1.82) is 0 Å². The van der Waals surface area contributed by atoms with Crippen LogP contribution in [0.5, 0.6) is 5.75 Å². The Morgan fingerprint density at radius 3 is 2.65 bits per heavy atom. The Kier molecular flexibility index (Phi) is 8.32. The monoisotopic (exact) mass is 444 g/mol. The summed E-state index contributed by atoms with van der Waals surface area (Å²) in [5.41, 5.74) is 1.89. The molecule has 1 fully saturated rings. The summed E-state index contributed by atoms with van der Waals surface area (Å²) in [6.07, 6.45) is 2.36. The maximum Gasteiger partial charge on any atom is 0.341 e. The van der Waals surface area contributed by atoms with E-state index in [-0.39, 0.29) is 11.9 Å². The Morgan fingerprint density at radius 1 is 1.16 bits per heavy atom. The van der Waals surface area contributed by atoms with Crippen LogP contribution in [0.25, 0.3) is 0 Å². The highest BCUT2D eigenvalue weighted by Crippen LogP contribution is 2.26. The number of aliphatic carboxylic acids is 1. The molecule has 6 nitrogen and oxygen atoms in total. The molecule has 7 heteroatoms. The highest BCUT2D eigenvalue weighted by Gasteiger charge is 2.30. The number of piperazine rings is 1. The van der Waals surface area contributed by atoms with Crippen molar-refractivity contribution in [1.82, 2.24) is 9.80 Å². The fourth-order valence-electron chi connectivity index (χ4n) is 4.04. The number of halogens is 1. The van der Waals surface area contributed by atoms with Gasteiger partial charge in [0, 0.05) is 42.8 Å². The minimum absolute atomic E-state index is 0.150. The summed E-state index contributed by atoms with van der Waals surface area (Å²) in [6.45, 7) is 4.51. The second-order valence-corrected chi connectivity index (χ2v) is 8.30. The molecule has 0 unspecified atom stereocenters. The molecule has 2 aromatic carbocycles. The summed E-state index contributed by atoms with van der Waals surface area (Å²) >= 11 is 6.17. The second-order valence-electron chi connectivity index (χ2n) is 7.86. The molecule has 2 aromatic rings. The van der Waals surface area contributed by atoms with Crippen LogP contribution in [-0.4, -0.2) is 59.1 Å². The van der Waals surface area contributed by atoms with Gasteiger partial charge in [-0.1, -0.05) is 55.3 Å². The van der Waals surface area contributed by atoms with Crippen LogP contribution in [-0.2, 0) is 22.6 Å². The summed E-state index contributed by atoms with van der Waals surface area (Å²) < 4.78 is 5.45. The van der Waals surface area contributed by atoms with Gasteiger partial charge in [0.25, 0.3) is 0 Å². The maximum atomic E-state index is 13.0. The molecule has 3 rings (SSSR count). The first-order chi connectivity index (χ1) is 15.0. The second kappa shape index (κ2) is 11.2. The number of carbonyl (C=O) groups excluding carboxylic acids is 1. The first kappa shape index (κ1) is 23.1. The number of hydrogen-bond donors (Lipinski definition) is 1. The van der Waals surface area contributed by atoms with Gasteiger partial charge in [-0.05, 0) is 30.2 Å². The Labute approximate surface area is 188 Å². The first-order valence-electron chi connectivity index (χ1n) is 10.6. The zero-order chi connectivity index (χ0) is 22.2. The van der Waals surface area contributed by atoms with E-state index in [9.17, 15) is 9.59 Å². The van der Waals surface area contributed by atoms with E-state index in [1.165, 1.54) is 0 Å². The molecule has 1 saturated heterocycles. The van der Waals surface area contributed by atoms with Crippen LogP contribution in [0.15, 0.2) is 48.5 Å². The molecule has 0 spiro atoms. The number of ether oxygens (including phenoxy) is 1. The lowest BCUT2D eigenvalue weighted by molar-refractivity contribution is -0.139. The lowest BCUT2D eigenvalue weighted by atomic mass is 10.0. The Hall–Kier alpha value is -2.57. The van der Waals surface area contributed by atoms with Crippen LogP contribution in [0, 0.1) is 0 Å². The van der Waals surface area contributed by atoms with E-state index in [0.29, 0.717) is 30.3 Å². The molecule has 0 aliphatic carbocycles. The summed E-state index contributed by atoms with van der Waals surface area (Å²) in [7, 11) is 0. The summed E-state index contributed by atoms with van der Waals surface area (Å²) in [5, 5.41) is 9.51. The number of nitrogens with zero attached hydrogens (tertiary/aromatic N) is 2. The van der Waals surface area contributed by atoms with E-state index in [4.69, 9.17) is 21.4 Å². The van der Waals surface area contributed by atoms with Crippen LogP contribution < -0.4 is 4.74 Å². The zero-order valence-corrected chi connectivity index (χ0v) is 18.6. The van der Waals surface area contributed by atoms with Crippen LogP contribution in [0.1, 0.15) is 30.9 Å². The van der Waals surface area contributed by atoms with Gasteiger partial charge in [-0.25, -0.2) is 4.79 Å². The van der Waals surface area contributed by atoms with Crippen molar-refractivity contribution in [2.45, 2.75) is 38.8 Å². The third kappa shape index (κ3) is 6.71. The molecule has 1 aliphatic rings. The summed E-state index contributed by atoms with van der Waals surface area (Å²) in [6, 6.07) is 15.2. The van der Waals surface area contributed by atoms with E-state index >= 15 is 0 Å². The molecule has 1 amide bonds. The average molecular weight is 445 g/mol. The van der Waals surface area contributed by atoms with Gasteiger partial charge in [0.1, 0.15) is 5.75 Å². The molecular weight excluding hydrogens is 416 g/mol. The third-order valence-corrected chi connectivity index (χ3v) is 5.71. The van der Waals surface area contributed by atoms with E-state index in [2.05, 4.69) is 11.8 Å². The number of amides is 1. The minimum atomic E-state index is -1.02. The molecule has 1 atom stereocenters. The van der Waals surface area contributed by atoms with Gasteiger partial charge in [0.15, 0.2) is 6.61 Å². The van der Waals surface area contributed by atoms with E-state index < -0.39 is 12.6 Å². The van der Waals surface area contributed by atoms with Gasteiger partial charge in [-0.15, -0.1) is 0 Å². The summed E-state index contributed by atoms with van der Waals surface area (Å²) in [5.74, 6) is -0.326. The largest absolute Gasteiger partial charge is 0.482 e. The van der Waals surface area contributed by atoms with Crippen LogP contribution >= 0.6 is 11.6 Å². The molecule has 1 heterocycles. The van der Waals surface area contributed by atoms with Crippen molar-refractivity contribution in [3.8, 4) is 5.75 Å². The normalized spacial score (nSPS) is 16.8. The van der Waals surface area contributed by atoms with Crippen LogP contribution in [0.3, 0.4) is 0 Å². The highest BCUT2D eigenvalue weighted by atomic mass is 35.5. The van der Waals surface area contributed by atoms with E-state index in [1.807, 2.05) is 41.3 Å². The highest BCUT2D eigenvalue weighted by molar-refractivity contribution is 6.30. The molecule has 0 saturated carbocycles. The van der Waals surface area contributed by atoms with Gasteiger partial charge < -0.3 is 14.7 Å². The van der Waals surface area contributed by atoms with Crippen molar-refractivity contribution in [2.24, 2.45) is 0 Å². The van der Waals surface area contributed by atoms with Crippen molar-refractivity contribution in [3.63, 3.8) is 0 Å². The van der Waals surface area contributed by atoms with Gasteiger partial charge >= 0.3 is 5.97 Å². The fourth-order valence-corrected chi connectivity index (χ4v) is 4.23. The molecular formula is C24H29ClN2O4. The number of benzene rings is 2. The number of hydrogen-bond acceptors (Lipinski definition) is 4. The third-order valence-electron chi connectivity index (χ3n) is 5.47. The van der Waals surface area contributed by atoms with Gasteiger partial charge in [-0.3, -0.25) is 9.69 Å². The van der Waals surface area contributed by atoms with Crippen molar-refractivity contribution in [3.05, 3.63) is 64.7 Å². The Morgan fingerprint density at radius 2 is 1.94 bits per heavy atom. The smallest absolute Gasteiger partial charge is 0.341 e. The Bertz CT molecular complexity index is 890. The van der Waals surface area contributed by atoms with Gasteiger partial charge in [-0.2, -0.15) is 0 Å². The number of rotatable bonds is 9. The number of carboxylic acids is 1. The first-order valence-corrected chi connectivity index (χ1v) is 11.0. The maximum absolute atomic E-state index is 13.0. The molecule has 166 valence electrons. The van der Waals surface area contributed by atoms with Crippen molar-refractivity contribution < 1.29 is 19.4 Å². The van der Waals surface area contributed by atoms with Crippen LogP contribution in [0.2, 0.25) is 5.02 Å². The van der Waals surface area contributed by atoms with Gasteiger partial charge in [0.05, 0.1) is 6.42 Å². The van der Waals surface area contributed by atoms with Crippen molar-refractivity contribution in [2.75, 3.05) is 26.2 Å². The Balaban J connectivity index is 1.67. The predicted octanol–water partition coefficient (Wildman–Crippen LogP) is 3.86. The fraction of sp³-hybridized carbons (Fsp3) is 0.417. The molecule has 1 N–H and O–H groups in total. The van der Waals surface area contributed by atoms with E-state index in [0.717, 1.165) is 37.1 Å². The topological polar surface area (TPSA) is 70.1 Å². The summed E-state index contributed by atoms with van der Waals surface area (Å²) in [4.78, 5) is 28.2. The van der Waals surface area contributed by atoms with Crippen LogP contribution in [0.4, 0.5) is 0 Å². The van der Waals surface area contributed by atoms with E-state index in [1.54, 1.807) is 12.1 Å². The molecule has 0 radical (unpaired) electrons. The standard InChI is InChI=1S/C24H29ClN2O4/c1-2-6-21-16-26(11-12-27(21)23(28)13-18-7-4-3-5-8-18)15-19-14-20(25)9-10-22(19)31-17-24(29)30/h3-5,7-10,14,21H,2,6,11-13,15-17H2,1H3,(H,29,30)/t21-/m0/s1. The predicted molar refractivity (Wildman–Crippen MR) is 120 cm³/mol. The average Bonchev–Trinajstić information content (AvgIpc) is 2.74. The lowest BCUT2D eigenvalue weighted by Gasteiger charge is -2.42. The van der Waals surface area contributed by atoms with Gasteiger partial charge in [0.2, 0.25) is 5.91 Å². The lowest BCUT2D eigenvalue weighted by Crippen LogP contribution is -2.55. The quantitative estimate of drug-likeness (QED) is 0.636. The molecule has 0 bridgehead atoms. The number of carboxylic acid groups (broad SMARTS) is 1. The van der Waals surface area contributed by atoms with Crippen molar-refractivity contribution >= 4 is 23.5 Å².